The number of hydrogen-bond donors (Lipinski definition) is 2. The van der Waals surface area contributed by atoms with Crippen LogP contribution in [0.1, 0.15) is 13.3 Å². The van der Waals surface area contributed by atoms with Gasteiger partial charge in [0.15, 0.2) is 9.76 Å². The molecular formula is C11H23NO4Si. The number of ether oxygens (including phenoxy) is 1. The van der Waals surface area contributed by atoms with Crippen LogP contribution in [0.15, 0.2) is 12.7 Å². The van der Waals surface area contributed by atoms with Gasteiger partial charge in [0, 0.05) is 19.2 Å². The third kappa shape index (κ3) is 11.6. The van der Waals surface area contributed by atoms with Crippen LogP contribution < -0.4 is 5.32 Å². The molecule has 100 valence electrons. The summed E-state index contributed by atoms with van der Waals surface area (Å²) in [5.41, 5.74) is 0. The lowest BCUT2D eigenvalue weighted by Gasteiger charge is -2.11. The normalized spacial score (nSPS) is 12.8. The summed E-state index contributed by atoms with van der Waals surface area (Å²) in [5.74, 6) is -0.508. The molecule has 1 unspecified atom stereocenters. The molecule has 0 aromatic carbocycles. The molecule has 0 aromatic rings. The second kappa shape index (κ2) is 11.8. The van der Waals surface area contributed by atoms with Gasteiger partial charge in [-0.05, 0) is 25.9 Å². The van der Waals surface area contributed by atoms with Gasteiger partial charge in [0.05, 0.1) is 0 Å². The summed E-state index contributed by atoms with van der Waals surface area (Å²) in [4.78, 5) is 10.7. The van der Waals surface area contributed by atoms with Crippen molar-refractivity contribution in [2.45, 2.75) is 25.5 Å². The van der Waals surface area contributed by atoms with Crippen LogP contribution in [0.5, 0.6) is 0 Å². The Morgan fingerprint density at radius 3 is 3.06 bits per heavy atom. The molecule has 0 aliphatic rings. The molecule has 2 N–H and O–H groups in total. The van der Waals surface area contributed by atoms with Gasteiger partial charge in [-0.3, -0.25) is 0 Å². The minimum absolute atomic E-state index is 0.00551. The lowest BCUT2D eigenvalue weighted by Crippen LogP contribution is -2.31. The molecule has 0 aromatic heterocycles. The SMILES string of the molecule is C=CC(=O)OCC(O)CNCCC[SiH2]OCC. The second-order valence-electron chi connectivity index (χ2n) is 3.60. The Kier molecular flexibility index (Phi) is 11.3. The predicted octanol–water partition coefficient (Wildman–Crippen LogP) is -0.405. The van der Waals surface area contributed by atoms with Crippen LogP contribution in [0, 0.1) is 0 Å². The molecule has 0 saturated carbocycles. The maximum absolute atomic E-state index is 10.7. The molecule has 0 amide bonds. The summed E-state index contributed by atoms with van der Waals surface area (Å²) >= 11 is 0. The summed E-state index contributed by atoms with van der Waals surface area (Å²) in [6.07, 6.45) is 1.48. The maximum Gasteiger partial charge on any atom is 0.330 e. The van der Waals surface area contributed by atoms with Crippen molar-refractivity contribution < 1.29 is 19.1 Å². The molecule has 0 heterocycles. The van der Waals surface area contributed by atoms with Gasteiger partial charge in [-0.1, -0.05) is 6.58 Å². The molecule has 0 aliphatic carbocycles. The fourth-order valence-electron chi connectivity index (χ4n) is 1.16. The zero-order valence-corrected chi connectivity index (χ0v) is 11.9. The third-order valence-electron chi connectivity index (χ3n) is 2.06. The molecule has 17 heavy (non-hydrogen) atoms. The summed E-state index contributed by atoms with van der Waals surface area (Å²) in [6, 6.07) is 1.14. The van der Waals surface area contributed by atoms with Gasteiger partial charge >= 0.3 is 5.97 Å². The van der Waals surface area contributed by atoms with Crippen molar-refractivity contribution in [1.29, 1.82) is 0 Å². The molecule has 0 saturated heterocycles. The van der Waals surface area contributed by atoms with Crippen LogP contribution in [0.4, 0.5) is 0 Å². The number of rotatable bonds is 11. The molecule has 6 heteroatoms. The number of esters is 1. The van der Waals surface area contributed by atoms with Crippen molar-refractivity contribution in [3.8, 4) is 0 Å². The summed E-state index contributed by atoms with van der Waals surface area (Å²) in [6.45, 7) is 7.38. The van der Waals surface area contributed by atoms with Gasteiger partial charge in [-0.2, -0.15) is 0 Å². The average Bonchev–Trinajstić information content (AvgIpc) is 2.34. The van der Waals surface area contributed by atoms with Crippen molar-refractivity contribution in [1.82, 2.24) is 5.32 Å². The van der Waals surface area contributed by atoms with Gasteiger partial charge in [0.1, 0.15) is 12.7 Å². The summed E-state index contributed by atoms with van der Waals surface area (Å²) < 4.78 is 10.0. The van der Waals surface area contributed by atoms with E-state index in [-0.39, 0.29) is 16.4 Å². The number of aliphatic hydroxyl groups is 1. The molecule has 0 fully saturated rings. The Hall–Kier alpha value is -0.693. The van der Waals surface area contributed by atoms with Gasteiger partial charge < -0.3 is 19.6 Å². The summed E-state index contributed by atoms with van der Waals surface area (Å²) in [5, 5.41) is 12.5. The highest BCUT2D eigenvalue weighted by Crippen LogP contribution is 1.89. The van der Waals surface area contributed by atoms with E-state index in [1.165, 1.54) is 0 Å². The van der Waals surface area contributed by atoms with E-state index in [9.17, 15) is 9.90 Å². The predicted molar refractivity (Wildman–Crippen MR) is 69.6 cm³/mol. The molecular weight excluding hydrogens is 238 g/mol. The molecule has 0 radical (unpaired) electrons. The van der Waals surface area contributed by atoms with Crippen molar-refractivity contribution in [2.75, 3.05) is 26.3 Å². The third-order valence-corrected chi connectivity index (χ3v) is 3.55. The Bertz CT molecular complexity index is 214. The van der Waals surface area contributed by atoms with E-state index in [4.69, 9.17) is 9.16 Å². The number of nitrogens with one attached hydrogen (secondary N) is 1. The quantitative estimate of drug-likeness (QED) is 0.229. The van der Waals surface area contributed by atoms with E-state index < -0.39 is 12.1 Å². The van der Waals surface area contributed by atoms with E-state index in [2.05, 4.69) is 11.9 Å². The Morgan fingerprint density at radius 2 is 2.41 bits per heavy atom. The minimum atomic E-state index is -0.664. The Balaban J connectivity index is 3.24. The average molecular weight is 261 g/mol. The Labute approximate surface area is 105 Å². The van der Waals surface area contributed by atoms with Crippen LogP contribution >= 0.6 is 0 Å². The fourth-order valence-corrected chi connectivity index (χ4v) is 2.11. The van der Waals surface area contributed by atoms with E-state index in [1.54, 1.807) is 0 Å². The standard InChI is InChI=1S/C11H23NO4Si/c1-3-11(14)15-9-10(13)8-12-6-5-7-17-16-4-2/h3,10,12-13H,1,4-9,17H2,2H3. The molecule has 0 bridgehead atoms. The molecule has 5 nitrogen and oxygen atoms in total. The monoisotopic (exact) mass is 261 g/mol. The zero-order valence-electron chi connectivity index (χ0n) is 10.5. The number of carbonyl (C=O) groups excluding carboxylic acids is 1. The van der Waals surface area contributed by atoms with Crippen LogP contribution in [-0.2, 0) is 14.0 Å². The highest BCUT2D eigenvalue weighted by atomic mass is 28.2. The van der Waals surface area contributed by atoms with Gasteiger partial charge in [-0.15, -0.1) is 0 Å². The lowest BCUT2D eigenvalue weighted by molar-refractivity contribution is -0.140. The highest BCUT2D eigenvalue weighted by molar-refractivity contribution is 6.26. The minimum Gasteiger partial charge on any atom is -0.460 e. The first kappa shape index (κ1) is 16.3. The van der Waals surface area contributed by atoms with Crippen molar-refractivity contribution in [3.63, 3.8) is 0 Å². The van der Waals surface area contributed by atoms with Crippen LogP contribution in [0.3, 0.4) is 0 Å². The van der Waals surface area contributed by atoms with E-state index in [1.807, 2.05) is 6.92 Å². The smallest absolute Gasteiger partial charge is 0.330 e. The van der Waals surface area contributed by atoms with Crippen LogP contribution in [-0.4, -0.2) is 53.2 Å². The largest absolute Gasteiger partial charge is 0.460 e. The maximum atomic E-state index is 10.7. The molecule has 1 atom stereocenters. The second-order valence-corrected chi connectivity index (χ2v) is 5.12. The van der Waals surface area contributed by atoms with Gasteiger partial charge in [0.2, 0.25) is 0 Å². The summed E-state index contributed by atoms with van der Waals surface area (Å²) in [7, 11) is -0.343. The molecule has 0 rings (SSSR count). The van der Waals surface area contributed by atoms with Crippen molar-refractivity contribution >= 4 is 15.7 Å². The first-order chi connectivity index (χ1) is 8.20. The van der Waals surface area contributed by atoms with Gasteiger partial charge in [-0.25, -0.2) is 4.79 Å². The number of carbonyl (C=O) groups is 1. The van der Waals surface area contributed by atoms with Crippen LogP contribution in [0.25, 0.3) is 0 Å². The van der Waals surface area contributed by atoms with E-state index in [0.717, 1.165) is 31.7 Å². The highest BCUT2D eigenvalue weighted by Gasteiger charge is 2.05. The Morgan fingerprint density at radius 1 is 1.65 bits per heavy atom. The molecule has 0 aliphatic heterocycles. The first-order valence-corrected chi connectivity index (χ1v) is 7.54. The van der Waals surface area contributed by atoms with Crippen molar-refractivity contribution in [2.24, 2.45) is 0 Å². The first-order valence-electron chi connectivity index (χ1n) is 5.96. The number of hydrogen-bond acceptors (Lipinski definition) is 5. The molecule has 0 spiro atoms. The zero-order chi connectivity index (χ0) is 12.9. The topological polar surface area (TPSA) is 67.8 Å². The number of aliphatic hydroxyl groups excluding tert-OH is 1. The van der Waals surface area contributed by atoms with E-state index in [0.29, 0.717) is 6.54 Å². The van der Waals surface area contributed by atoms with Gasteiger partial charge in [0.25, 0.3) is 0 Å². The van der Waals surface area contributed by atoms with E-state index >= 15 is 0 Å². The lowest BCUT2D eigenvalue weighted by atomic mass is 10.3. The van der Waals surface area contributed by atoms with Crippen LogP contribution in [0.2, 0.25) is 6.04 Å². The fraction of sp³-hybridized carbons (Fsp3) is 0.727. The van der Waals surface area contributed by atoms with Crippen molar-refractivity contribution in [3.05, 3.63) is 12.7 Å².